The second-order valence-electron chi connectivity index (χ2n) is 9.78. The summed E-state index contributed by atoms with van der Waals surface area (Å²) in [6, 6.07) is 4.68. The number of fused-ring (bicyclic) bond motifs is 3. The second-order valence-corrected chi connectivity index (χ2v) is 10.2. The van der Waals surface area contributed by atoms with E-state index in [2.05, 4.69) is 20.3 Å². The molecular formula is C23H23ClF3N3O6. The highest BCUT2D eigenvalue weighted by molar-refractivity contribution is 6.30. The summed E-state index contributed by atoms with van der Waals surface area (Å²) in [5, 5.41) is 22.0. The van der Waals surface area contributed by atoms with Crippen LogP contribution in [0.4, 0.5) is 13.2 Å². The van der Waals surface area contributed by atoms with E-state index in [1.165, 1.54) is 0 Å². The number of nitrogens with zero attached hydrogens (tertiary/aromatic N) is 2. The quantitative estimate of drug-likeness (QED) is 0.604. The molecule has 2 N–H and O–H groups in total. The molecule has 1 aliphatic carbocycles. The Hall–Kier alpha value is -2.41. The summed E-state index contributed by atoms with van der Waals surface area (Å²) in [5.41, 5.74) is 0.557. The number of halogens is 4. The average molecular weight is 530 g/mol. The Labute approximate surface area is 208 Å². The molecule has 6 rings (SSSR count). The summed E-state index contributed by atoms with van der Waals surface area (Å²) in [5.74, 6) is 0.421. The molecule has 1 saturated carbocycles. The third-order valence-corrected chi connectivity index (χ3v) is 7.63. The van der Waals surface area contributed by atoms with Gasteiger partial charge in [-0.2, -0.15) is 0 Å². The SMILES string of the molecule is O=C(N[C@@H]1C[C@@H]2O[C@H]1C[C@H]2c1nnc(C2CC(OC(F)(F)F)C2)o1)[C@@H]1C[C@H](O)c2cc(Cl)ccc2O1. The standard InChI is InChI=1S/C23H23ClF3N3O6/c24-10-1-2-16-12(5-10)15(31)8-19(33-16)20(32)28-14-7-17-13(6-18(14)34-17)22-30-29-21(35-22)9-3-11(4-9)36-23(25,26)27/h1-2,5,9,11,13-15,17-19,31H,3-4,6-8H2,(H,28,32)/t9?,11?,13-,14-,15+,17+,18+,19+/m1/s1. The van der Waals surface area contributed by atoms with Crippen molar-refractivity contribution in [2.45, 2.75) is 86.9 Å². The van der Waals surface area contributed by atoms with Crippen LogP contribution in [-0.2, 0) is 14.3 Å². The number of aliphatic hydroxyl groups is 1. The number of nitrogens with one attached hydrogen (secondary N) is 1. The lowest BCUT2D eigenvalue weighted by molar-refractivity contribution is -0.352. The van der Waals surface area contributed by atoms with Crippen molar-refractivity contribution < 1.29 is 41.7 Å². The van der Waals surface area contributed by atoms with Crippen molar-refractivity contribution >= 4 is 17.5 Å². The minimum absolute atomic E-state index is 0.115. The summed E-state index contributed by atoms with van der Waals surface area (Å²) in [4.78, 5) is 12.9. The van der Waals surface area contributed by atoms with Gasteiger partial charge < -0.3 is 24.3 Å². The minimum atomic E-state index is -4.65. The van der Waals surface area contributed by atoms with Gasteiger partial charge in [0.25, 0.3) is 5.91 Å². The molecule has 194 valence electrons. The fraction of sp³-hybridized carbons (Fsp3) is 0.609. The summed E-state index contributed by atoms with van der Waals surface area (Å²) in [6.07, 6.45) is -6.12. The first-order chi connectivity index (χ1) is 17.1. The van der Waals surface area contributed by atoms with Gasteiger partial charge in [0.1, 0.15) is 5.75 Å². The number of rotatable bonds is 5. The normalized spacial score (nSPS) is 35.1. The van der Waals surface area contributed by atoms with Crippen molar-refractivity contribution in [3.8, 4) is 5.75 Å². The molecule has 3 aliphatic heterocycles. The molecule has 1 amide bonds. The molecule has 1 aromatic heterocycles. The smallest absolute Gasteiger partial charge is 0.480 e. The van der Waals surface area contributed by atoms with Crippen molar-refractivity contribution in [1.29, 1.82) is 0 Å². The van der Waals surface area contributed by atoms with Gasteiger partial charge in [-0.25, -0.2) is 0 Å². The second kappa shape index (κ2) is 8.86. The highest BCUT2D eigenvalue weighted by Crippen LogP contribution is 2.46. The van der Waals surface area contributed by atoms with Crippen LogP contribution in [0.25, 0.3) is 0 Å². The van der Waals surface area contributed by atoms with Crippen LogP contribution in [0.5, 0.6) is 5.75 Å². The Balaban J connectivity index is 1.02. The van der Waals surface area contributed by atoms with Crippen LogP contribution in [0.15, 0.2) is 22.6 Å². The van der Waals surface area contributed by atoms with E-state index in [1.807, 2.05) is 0 Å². The Bertz CT molecular complexity index is 1160. The van der Waals surface area contributed by atoms with Crippen LogP contribution in [0.1, 0.15) is 67.4 Å². The summed E-state index contributed by atoms with van der Waals surface area (Å²) in [6.45, 7) is 0. The number of hydrogen-bond donors (Lipinski definition) is 2. The van der Waals surface area contributed by atoms with Gasteiger partial charge in [-0.1, -0.05) is 11.6 Å². The van der Waals surface area contributed by atoms with Crippen molar-refractivity contribution in [3.63, 3.8) is 0 Å². The molecule has 4 heterocycles. The van der Waals surface area contributed by atoms with E-state index in [-0.39, 0.29) is 55.3 Å². The first-order valence-electron chi connectivity index (χ1n) is 11.8. The summed E-state index contributed by atoms with van der Waals surface area (Å²) >= 11 is 5.98. The van der Waals surface area contributed by atoms with E-state index < -0.39 is 24.7 Å². The topological polar surface area (TPSA) is 116 Å². The number of benzene rings is 1. The Morgan fingerprint density at radius 1 is 1.11 bits per heavy atom. The molecule has 36 heavy (non-hydrogen) atoms. The summed E-state index contributed by atoms with van der Waals surface area (Å²) in [7, 11) is 0. The number of aliphatic hydroxyl groups excluding tert-OH is 1. The maximum atomic E-state index is 12.9. The Morgan fingerprint density at radius 3 is 2.61 bits per heavy atom. The number of aromatic nitrogens is 2. The van der Waals surface area contributed by atoms with E-state index in [1.54, 1.807) is 18.2 Å². The van der Waals surface area contributed by atoms with Gasteiger partial charge in [-0.3, -0.25) is 9.53 Å². The Kier molecular flexibility index (Phi) is 5.90. The van der Waals surface area contributed by atoms with Gasteiger partial charge in [0.05, 0.1) is 36.4 Å². The van der Waals surface area contributed by atoms with Crippen LogP contribution in [-0.4, -0.2) is 58.0 Å². The first kappa shape index (κ1) is 24.0. The number of alkyl halides is 3. The molecule has 1 aromatic carbocycles. The maximum Gasteiger partial charge on any atom is 0.522 e. The van der Waals surface area contributed by atoms with Gasteiger partial charge in [-0.15, -0.1) is 23.4 Å². The van der Waals surface area contributed by atoms with Crippen LogP contribution < -0.4 is 10.1 Å². The number of ether oxygens (including phenoxy) is 3. The molecular weight excluding hydrogens is 507 g/mol. The van der Waals surface area contributed by atoms with Crippen LogP contribution in [0.2, 0.25) is 5.02 Å². The van der Waals surface area contributed by atoms with Gasteiger partial charge in [0.15, 0.2) is 6.10 Å². The largest absolute Gasteiger partial charge is 0.522 e. The molecule has 2 saturated heterocycles. The first-order valence-corrected chi connectivity index (χ1v) is 12.2. The molecule has 0 spiro atoms. The van der Waals surface area contributed by atoms with Gasteiger partial charge in [-0.05, 0) is 43.9 Å². The molecule has 2 aromatic rings. The van der Waals surface area contributed by atoms with Crippen LogP contribution >= 0.6 is 11.6 Å². The number of carbonyl (C=O) groups excluding carboxylic acids is 1. The molecule has 4 aliphatic rings. The lowest BCUT2D eigenvalue weighted by Crippen LogP contribution is -2.49. The molecule has 3 fully saturated rings. The molecule has 0 radical (unpaired) electrons. The Morgan fingerprint density at radius 2 is 1.89 bits per heavy atom. The number of carbonyl (C=O) groups is 1. The van der Waals surface area contributed by atoms with Gasteiger partial charge in [0, 0.05) is 22.9 Å². The van der Waals surface area contributed by atoms with E-state index in [0.29, 0.717) is 41.0 Å². The van der Waals surface area contributed by atoms with Gasteiger partial charge >= 0.3 is 6.36 Å². The zero-order valence-corrected chi connectivity index (χ0v) is 19.5. The highest BCUT2D eigenvalue weighted by atomic mass is 35.5. The molecule has 9 nitrogen and oxygen atoms in total. The van der Waals surface area contributed by atoms with Crippen molar-refractivity contribution in [2.24, 2.45) is 0 Å². The van der Waals surface area contributed by atoms with Crippen LogP contribution in [0.3, 0.4) is 0 Å². The lowest BCUT2D eigenvalue weighted by atomic mass is 9.82. The minimum Gasteiger partial charge on any atom is -0.480 e. The van der Waals surface area contributed by atoms with Crippen LogP contribution in [0, 0.1) is 0 Å². The van der Waals surface area contributed by atoms with Crippen molar-refractivity contribution in [2.75, 3.05) is 0 Å². The third kappa shape index (κ3) is 4.55. The predicted molar refractivity (Wildman–Crippen MR) is 115 cm³/mol. The lowest BCUT2D eigenvalue weighted by Gasteiger charge is -2.32. The zero-order chi connectivity index (χ0) is 25.2. The summed E-state index contributed by atoms with van der Waals surface area (Å²) < 4.78 is 58.6. The molecule has 0 unspecified atom stereocenters. The predicted octanol–water partition coefficient (Wildman–Crippen LogP) is 3.52. The van der Waals surface area contributed by atoms with E-state index in [4.69, 9.17) is 25.5 Å². The number of hydrogen-bond acceptors (Lipinski definition) is 8. The average Bonchev–Trinajstić information content (AvgIpc) is 3.51. The third-order valence-electron chi connectivity index (χ3n) is 7.39. The maximum absolute atomic E-state index is 12.9. The van der Waals surface area contributed by atoms with E-state index in [9.17, 15) is 23.1 Å². The molecule has 13 heteroatoms. The monoisotopic (exact) mass is 529 g/mol. The van der Waals surface area contributed by atoms with Gasteiger partial charge in [0.2, 0.25) is 11.8 Å². The number of amides is 1. The van der Waals surface area contributed by atoms with E-state index >= 15 is 0 Å². The molecule has 2 bridgehead atoms. The fourth-order valence-corrected chi connectivity index (χ4v) is 5.72. The van der Waals surface area contributed by atoms with E-state index in [0.717, 1.165) is 0 Å². The molecule has 6 atom stereocenters. The fourth-order valence-electron chi connectivity index (χ4n) is 5.54. The highest BCUT2D eigenvalue weighted by Gasteiger charge is 2.51. The van der Waals surface area contributed by atoms with Crippen molar-refractivity contribution in [1.82, 2.24) is 15.5 Å². The van der Waals surface area contributed by atoms with Crippen molar-refractivity contribution in [3.05, 3.63) is 40.6 Å². The zero-order valence-electron chi connectivity index (χ0n) is 18.8.